The fourth-order valence-electron chi connectivity index (χ4n) is 4.57. The summed E-state index contributed by atoms with van der Waals surface area (Å²) >= 11 is 0. The van der Waals surface area contributed by atoms with Crippen molar-refractivity contribution in [2.45, 2.75) is 109 Å². The number of hydrogen-bond acceptors (Lipinski definition) is 8. The summed E-state index contributed by atoms with van der Waals surface area (Å²) in [5, 5.41) is 51.0. The van der Waals surface area contributed by atoms with Gasteiger partial charge in [0.15, 0.2) is 5.78 Å². The smallest absolute Gasteiger partial charge is 0.166 e. The molecule has 2 fully saturated rings. The molecular formula is C23H40O8. The molecule has 8 heteroatoms. The van der Waals surface area contributed by atoms with Gasteiger partial charge in [-0.05, 0) is 13.8 Å². The normalized spacial score (nSPS) is 39.0. The van der Waals surface area contributed by atoms with Gasteiger partial charge in [-0.15, -0.1) is 0 Å². The molecule has 2 heterocycles. The highest BCUT2D eigenvalue weighted by Crippen LogP contribution is 2.41. The molecule has 0 unspecified atom stereocenters. The van der Waals surface area contributed by atoms with Crippen molar-refractivity contribution in [3.05, 3.63) is 12.2 Å². The summed E-state index contributed by atoms with van der Waals surface area (Å²) in [6.45, 7) is 12.7. The average Bonchev–Trinajstić information content (AvgIpc) is 2.68. The molecule has 0 aromatic carbocycles. The van der Waals surface area contributed by atoms with Gasteiger partial charge >= 0.3 is 0 Å². The summed E-state index contributed by atoms with van der Waals surface area (Å²) in [5.74, 6) is -0.452. The van der Waals surface area contributed by atoms with Crippen LogP contribution in [0.1, 0.15) is 60.3 Å². The van der Waals surface area contributed by atoms with Crippen LogP contribution in [0, 0.1) is 11.3 Å². The van der Waals surface area contributed by atoms with E-state index in [1.165, 1.54) is 0 Å². The quantitative estimate of drug-likeness (QED) is 0.345. The monoisotopic (exact) mass is 444 g/mol. The molecule has 31 heavy (non-hydrogen) atoms. The predicted octanol–water partition coefficient (Wildman–Crippen LogP) is 0.715. The van der Waals surface area contributed by atoms with E-state index in [1.807, 2.05) is 13.8 Å². The number of rotatable bonds is 8. The van der Waals surface area contributed by atoms with Crippen LogP contribution in [-0.4, -0.2) is 86.3 Å². The number of carbonyl (C=O) groups excluding carboxylic acids is 1. The Bertz CT molecular complexity index is 649. The van der Waals surface area contributed by atoms with Crippen molar-refractivity contribution < 1.29 is 39.8 Å². The zero-order chi connectivity index (χ0) is 23.7. The van der Waals surface area contributed by atoms with E-state index in [1.54, 1.807) is 20.8 Å². The zero-order valence-corrected chi connectivity index (χ0v) is 19.3. The summed E-state index contributed by atoms with van der Waals surface area (Å²) in [7, 11) is 0. The van der Waals surface area contributed by atoms with Crippen molar-refractivity contribution in [3.8, 4) is 0 Å². The minimum Gasteiger partial charge on any atom is -0.394 e. The Balaban J connectivity index is 2.05. The van der Waals surface area contributed by atoms with E-state index in [9.17, 15) is 25.2 Å². The Labute approximate surface area is 184 Å². The highest BCUT2D eigenvalue weighted by atomic mass is 16.5. The van der Waals surface area contributed by atoms with Crippen molar-refractivity contribution in [2.24, 2.45) is 11.3 Å². The SMILES string of the molecule is C=C1C[C@](C)([C@H](O)C(=O)C[C@@H](O)[C@@H]2C[C@@H](O)C(C)(C)[C@@H](C[C@H](O)CO)O2)O[C@H](C)[C@@H]1C. The van der Waals surface area contributed by atoms with Crippen molar-refractivity contribution >= 4 is 5.78 Å². The van der Waals surface area contributed by atoms with Crippen LogP contribution in [0.15, 0.2) is 12.2 Å². The van der Waals surface area contributed by atoms with E-state index in [0.717, 1.165) is 5.57 Å². The van der Waals surface area contributed by atoms with E-state index >= 15 is 0 Å². The predicted molar refractivity (Wildman–Crippen MR) is 114 cm³/mol. The third-order valence-corrected chi connectivity index (χ3v) is 7.28. The van der Waals surface area contributed by atoms with Crippen LogP contribution in [0.3, 0.4) is 0 Å². The Morgan fingerprint density at radius 2 is 1.84 bits per heavy atom. The molecule has 2 aliphatic rings. The minimum absolute atomic E-state index is 0.0877. The Hall–Kier alpha value is -0.870. The molecule has 9 atom stereocenters. The van der Waals surface area contributed by atoms with E-state index in [4.69, 9.17) is 14.6 Å². The average molecular weight is 445 g/mol. The molecule has 0 aromatic heterocycles. The fraction of sp³-hybridized carbons (Fsp3) is 0.870. The van der Waals surface area contributed by atoms with Gasteiger partial charge in [0.1, 0.15) is 11.7 Å². The van der Waals surface area contributed by atoms with Gasteiger partial charge in [-0.1, -0.05) is 32.9 Å². The van der Waals surface area contributed by atoms with E-state index in [-0.39, 0.29) is 31.3 Å². The Kier molecular flexibility index (Phi) is 8.47. The van der Waals surface area contributed by atoms with Crippen LogP contribution < -0.4 is 0 Å². The maximum absolute atomic E-state index is 12.8. The van der Waals surface area contributed by atoms with Gasteiger partial charge in [0.2, 0.25) is 0 Å². The fourth-order valence-corrected chi connectivity index (χ4v) is 4.57. The summed E-state index contributed by atoms with van der Waals surface area (Å²) in [5.41, 5.74) is -0.922. The van der Waals surface area contributed by atoms with Crippen LogP contribution in [0.5, 0.6) is 0 Å². The first kappa shape index (κ1) is 26.4. The van der Waals surface area contributed by atoms with Crippen molar-refractivity contribution in [3.63, 3.8) is 0 Å². The van der Waals surface area contributed by atoms with Gasteiger partial charge in [0.25, 0.3) is 0 Å². The highest BCUT2D eigenvalue weighted by molar-refractivity contribution is 5.84. The van der Waals surface area contributed by atoms with E-state index in [2.05, 4.69) is 6.58 Å². The van der Waals surface area contributed by atoms with E-state index in [0.29, 0.717) is 6.42 Å². The van der Waals surface area contributed by atoms with Crippen LogP contribution in [0.25, 0.3) is 0 Å². The second kappa shape index (κ2) is 9.95. The molecule has 2 rings (SSSR count). The first-order valence-corrected chi connectivity index (χ1v) is 11.1. The number of aliphatic hydroxyl groups excluding tert-OH is 5. The highest BCUT2D eigenvalue weighted by Gasteiger charge is 2.48. The Morgan fingerprint density at radius 1 is 1.23 bits per heavy atom. The minimum atomic E-state index is -1.44. The number of ketones is 1. The van der Waals surface area contributed by atoms with Crippen LogP contribution in [0.4, 0.5) is 0 Å². The van der Waals surface area contributed by atoms with Crippen molar-refractivity contribution in [2.75, 3.05) is 6.61 Å². The number of hydrogen-bond donors (Lipinski definition) is 5. The molecule has 0 aromatic rings. The molecule has 2 saturated heterocycles. The lowest BCUT2D eigenvalue weighted by Crippen LogP contribution is -2.56. The molecular weight excluding hydrogens is 404 g/mol. The number of aliphatic hydroxyl groups is 5. The number of carbonyl (C=O) groups is 1. The molecule has 0 saturated carbocycles. The molecule has 180 valence electrons. The molecule has 8 nitrogen and oxygen atoms in total. The second-order valence-electron chi connectivity index (χ2n) is 10.2. The van der Waals surface area contributed by atoms with Gasteiger partial charge in [-0.3, -0.25) is 4.79 Å². The van der Waals surface area contributed by atoms with Crippen molar-refractivity contribution in [1.82, 2.24) is 0 Å². The van der Waals surface area contributed by atoms with Gasteiger partial charge in [0, 0.05) is 37.0 Å². The van der Waals surface area contributed by atoms with Gasteiger partial charge < -0.3 is 35.0 Å². The maximum atomic E-state index is 12.8. The molecule has 0 bridgehead atoms. The van der Waals surface area contributed by atoms with Crippen LogP contribution in [-0.2, 0) is 14.3 Å². The van der Waals surface area contributed by atoms with Crippen LogP contribution in [0.2, 0.25) is 0 Å². The first-order valence-electron chi connectivity index (χ1n) is 11.1. The van der Waals surface area contributed by atoms with Crippen molar-refractivity contribution in [1.29, 1.82) is 0 Å². The molecule has 0 radical (unpaired) electrons. The molecule has 0 aliphatic carbocycles. The van der Waals surface area contributed by atoms with Gasteiger partial charge in [-0.2, -0.15) is 0 Å². The molecule has 0 spiro atoms. The summed E-state index contributed by atoms with van der Waals surface area (Å²) in [6, 6.07) is 0. The van der Waals surface area contributed by atoms with Gasteiger partial charge in [0.05, 0.1) is 43.2 Å². The Morgan fingerprint density at radius 3 is 2.39 bits per heavy atom. The molecule has 5 N–H and O–H groups in total. The lowest BCUT2D eigenvalue weighted by molar-refractivity contribution is -0.209. The standard InChI is InChI=1S/C23H40O8/c1-12-10-23(6,31-14(3)13(12)2)21(29)17(27)8-16(26)18-9-19(28)22(4,5)20(30-18)7-15(25)11-24/h13-16,18-21,24-26,28-29H,1,7-11H2,2-6H3/t13-,14-,15+,16-,18+,19-,20-,21-,23-/m1/s1. The third kappa shape index (κ3) is 5.74. The van der Waals surface area contributed by atoms with E-state index < -0.39 is 60.0 Å². The third-order valence-electron chi connectivity index (χ3n) is 7.28. The lowest BCUT2D eigenvalue weighted by atomic mass is 9.73. The molecule has 2 aliphatic heterocycles. The first-order chi connectivity index (χ1) is 14.2. The number of Topliss-reactive ketones (excluding diaryl/α,β-unsaturated/α-hetero) is 1. The lowest BCUT2D eigenvalue weighted by Gasteiger charge is -2.47. The zero-order valence-electron chi connectivity index (χ0n) is 19.3. The van der Waals surface area contributed by atoms with Crippen LogP contribution >= 0.6 is 0 Å². The maximum Gasteiger partial charge on any atom is 0.166 e. The summed E-state index contributed by atoms with van der Waals surface area (Å²) in [6.07, 6.45) is -6.01. The molecule has 0 amide bonds. The summed E-state index contributed by atoms with van der Waals surface area (Å²) < 4.78 is 11.9. The van der Waals surface area contributed by atoms with Gasteiger partial charge in [-0.25, -0.2) is 0 Å². The summed E-state index contributed by atoms with van der Waals surface area (Å²) in [4.78, 5) is 12.8. The number of ether oxygens (including phenoxy) is 2. The largest absolute Gasteiger partial charge is 0.394 e. The second-order valence-corrected chi connectivity index (χ2v) is 10.2. The topological polar surface area (TPSA) is 137 Å².